The summed E-state index contributed by atoms with van der Waals surface area (Å²) >= 11 is 0. The molecule has 0 spiro atoms. The maximum absolute atomic E-state index is 14.0. The number of nitrogens with zero attached hydrogens (tertiary/aromatic N) is 2. The molecule has 1 aliphatic heterocycles. The van der Waals surface area contributed by atoms with Crippen LogP contribution in [0.15, 0.2) is 23.2 Å². The van der Waals surface area contributed by atoms with E-state index in [1.807, 2.05) is 0 Å². The molecule has 9 heteroatoms. The van der Waals surface area contributed by atoms with Gasteiger partial charge < -0.3 is 20.3 Å². The summed E-state index contributed by atoms with van der Waals surface area (Å²) in [5, 5.41) is 6.59. The van der Waals surface area contributed by atoms with E-state index in [4.69, 9.17) is 0 Å². The van der Waals surface area contributed by atoms with Crippen LogP contribution >= 0.6 is 24.0 Å². The van der Waals surface area contributed by atoms with Crippen molar-refractivity contribution in [1.82, 2.24) is 10.6 Å². The number of anilines is 1. The van der Waals surface area contributed by atoms with Gasteiger partial charge in [0.2, 0.25) is 0 Å². The number of methoxy groups -OCH3 is 1. The zero-order valence-corrected chi connectivity index (χ0v) is 19.4. The second-order valence-electron chi connectivity index (χ2n) is 6.89. The van der Waals surface area contributed by atoms with Gasteiger partial charge in [-0.3, -0.25) is 9.79 Å². The maximum atomic E-state index is 14.0. The highest BCUT2D eigenvalue weighted by Crippen LogP contribution is 2.26. The molecule has 0 aromatic heterocycles. The van der Waals surface area contributed by atoms with Crippen molar-refractivity contribution in [1.29, 1.82) is 0 Å². The van der Waals surface area contributed by atoms with E-state index in [9.17, 15) is 13.6 Å². The molecular formula is C20H31F2IN4O2. The molecule has 0 bridgehead atoms. The highest BCUT2D eigenvalue weighted by atomic mass is 127. The third-order valence-electron chi connectivity index (χ3n) is 4.83. The molecule has 6 nitrogen and oxygen atoms in total. The van der Waals surface area contributed by atoms with Crippen molar-refractivity contribution in [3.05, 3.63) is 29.8 Å². The number of halogens is 3. The van der Waals surface area contributed by atoms with E-state index in [1.54, 1.807) is 11.9 Å². The van der Waals surface area contributed by atoms with Crippen molar-refractivity contribution in [2.75, 3.05) is 38.7 Å². The molecule has 2 N–H and O–H groups in total. The average molecular weight is 524 g/mol. The van der Waals surface area contributed by atoms with Gasteiger partial charge >= 0.3 is 5.97 Å². The molecule has 0 radical (unpaired) electrons. The fraction of sp³-hybridized carbons (Fsp3) is 0.600. The van der Waals surface area contributed by atoms with Gasteiger partial charge in [0.25, 0.3) is 0 Å². The van der Waals surface area contributed by atoms with E-state index in [0.717, 1.165) is 38.6 Å². The quantitative estimate of drug-likeness (QED) is 0.170. The summed E-state index contributed by atoms with van der Waals surface area (Å²) in [5.41, 5.74) is 0.0432. The maximum Gasteiger partial charge on any atom is 0.305 e. The Labute approximate surface area is 188 Å². The van der Waals surface area contributed by atoms with Crippen LogP contribution in [-0.2, 0) is 9.53 Å². The molecule has 1 aromatic rings. The second kappa shape index (κ2) is 13.6. The minimum Gasteiger partial charge on any atom is -0.469 e. The zero-order valence-electron chi connectivity index (χ0n) is 17.0. The number of para-hydroxylation sites is 1. The van der Waals surface area contributed by atoms with Gasteiger partial charge in [-0.05, 0) is 31.4 Å². The van der Waals surface area contributed by atoms with Crippen molar-refractivity contribution in [2.45, 2.75) is 44.6 Å². The van der Waals surface area contributed by atoms with Crippen molar-refractivity contribution < 1.29 is 18.3 Å². The first-order valence-electron chi connectivity index (χ1n) is 9.78. The molecule has 1 atom stereocenters. The lowest BCUT2D eigenvalue weighted by Crippen LogP contribution is -2.45. The number of aliphatic imine (C=N–C) groups is 1. The zero-order chi connectivity index (χ0) is 20.4. The standard InChI is InChI=1S/C20H30F2N4O2.HI/c1-23-20(24-12-6-4-3-5-10-18(27)28-2)25-15-11-13-26(14-15)19-16(21)8-7-9-17(19)22;/h7-9,15H,3-6,10-14H2,1-2H3,(H2,23,24,25);1H. The van der Waals surface area contributed by atoms with Crippen LogP contribution in [0.4, 0.5) is 14.5 Å². The summed E-state index contributed by atoms with van der Waals surface area (Å²) in [4.78, 5) is 17.0. The van der Waals surface area contributed by atoms with Crippen molar-refractivity contribution in [3.63, 3.8) is 0 Å². The smallest absolute Gasteiger partial charge is 0.305 e. The molecule has 0 aliphatic carbocycles. The Morgan fingerprint density at radius 2 is 1.93 bits per heavy atom. The van der Waals surface area contributed by atoms with E-state index in [0.29, 0.717) is 25.5 Å². The number of benzene rings is 1. The Hall–Kier alpha value is -1.65. The summed E-state index contributed by atoms with van der Waals surface area (Å²) in [5.74, 6) is -0.537. The van der Waals surface area contributed by atoms with E-state index < -0.39 is 11.6 Å². The number of ether oxygens (including phenoxy) is 1. The highest BCUT2D eigenvalue weighted by molar-refractivity contribution is 14.0. The number of hydrogen-bond donors (Lipinski definition) is 2. The summed E-state index contributed by atoms with van der Waals surface area (Å²) in [7, 11) is 3.11. The number of carbonyl (C=O) groups excluding carboxylic acids is 1. The predicted molar refractivity (Wildman–Crippen MR) is 122 cm³/mol. The number of carbonyl (C=O) groups is 1. The third-order valence-corrected chi connectivity index (χ3v) is 4.83. The van der Waals surface area contributed by atoms with Gasteiger partial charge in [0.05, 0.1) is 7.11 Å². The minimum absolute atomic E-state index is 0. The number of esters is 1. The number of guanidine groups is 1. The lowest BCUT2D eigenvalue weighted by atomic mass is 10.1. The Morgan fingerprint density at radius 3 is 2.59 bits per heavy atom. The second-order valence-corrected chi connectivity index (χ2v) is 6.89. The van der Waals surface area contributed by atoms with E-state index in [-0.39, 0.29) is 41.7 Å². The molecule has 1 aliphatic rings. The number of nitrogens with one attached hydrogen (secondary N) is 2. The lowest BCUT2D eigenvalue weighted by Gasteiger charge is -2.21. The van der Waals surface area contributed by atoms with Gasteiger partial charge in [0.1, 0.15) is 17.3 Å². The van der Waals surface area contributed by atoms with Crippen LogP contribution in [-0.4, -0.2) is 51.8 Å². The number of unbranched alkanes of at least 4 members (excludes halogenated alkanes) is 3. The fourth-order valence-corrected chi connectivity index (χ4v) is 3.32. The summed E-state index contributed by atoms with van der Waals surface area (Å²) in [6, 6.07) is 4.02. The van der Waals surface area contributed by atoms with Crippen molar-refractivity contribution in [2.24, 2.45) is 4.99 Å². The molecular weight excluding hydrogens is 493 g/mol. The van der Waals surface area contributed by atoms with E-state index in [1.165, 1.54) is 25.3 Å². The summed E-state index contributed by atoms with van der Waals surface area (Å²) in [6.07, 6.45) is 5.05. The van der Waals surface area contributed by atoms with Crippen LogP contribution in [0.1, 0.15) is 38.5 Å². The first kappa shape index (κ1) is 25.4. The Bertz CT molecular complexity index is 656. The molecule has 2 rings (SSSR count). The van der Waals surface area contributed by atoms with Crippen molar-refractivity contribution in [3.8, 4) is 0 Å². The van der Waals surface area contributed by atoms with E-state index >= 15 is 0 Å². The van der Waals surface area contributed by atoms with Gasteiger partial charge in [-0.25, -0.2) is 8.78 Å². The molecule has 1 unspecified atom stereocenters. The van der Waals surface area contributed by atoms with Crippen LogP contribution in [0, 0.1) is 11.6 Å². The first-order valence-corrected chi connectivity index (χ1v) is 9.78. The monoisotopic (exact) mass is 524 g/mol. The van der Waals surface area contributed by atoms with Crippen LogP contribution in [0.3, 0.4) is 0 Å². The van der Waals surface area contributed by atoms with Gasteiger partial charge in [-0.2, -0.15) is 0 Å². The van der Waals surface area contributed by atoms with E-state index in [2.05, 4.69) is 20.4 Å². The first-order chi connectivity index (χ1) is 13.5. The van der Waals surface area contributed by atoms with Crippen LogP contribution in [0.25, 0.3) is 0 Å². The minimum atomic E-state index is -0.532. The highest BCUT2D eigenvalue weighted by Gasteiger charge is 2.27. The third kappa shape index (κ3) is 8.31. The molecule has 29 heavy (non-hydrogen) atoms. The molecule has 1 fully saturated rings. The summed E-state index contributed by atoms with van der Waals surface area (Å²) in [6.45, 7) is 1.88. The topological polar surface area (TPSA) is 66.0 Å². The fourth-order valence-electron chi connectivity index (χ4n) is 3.32. The Balaban J connectivity index is 0.00000420. The largest absolute Gasteiger partial charge is 0.469 e. The van der Waals surface area contributed by atoms with Crippen molar-refractivity contribution >= 4 is 41.6 Å². The molecule has 1 saturated heterocycles. The Morgan fingerprint density at radius 1 is 1.24 bits per heavy atom. The molecule has 0 saturated carbocycles. The van der Waals surface area contributed by atoms with Gasteiger partial charge in [0, 0.05) is 39.1 Å². The van der Waals surface area contributed by atoms with Gasteiger partial charge in [-0.1, -0.05) is 18.9 Å². The average Bonchev–Trinajstić information content (AvgIpc) is 3.13. The normalized spacial score (nSPS) is 16.3. The van der Waals surface area contributed by atoms with Gasteiger partial charge in [0.15, 0.2) is 5.96 Å². The number of rotatable bonds is 9. The molecule has 1 heterocycles. The summed E-state index contributed by atoms with van der Waals surface area (Å²) < 4.78 is 32.5. The van der Waals surface area contributed by atoms with Gasteiger partial charge in [-0.15, -0.1) is 24.0 Å². The van der Waals surface area contributed by atoms with Crippen LogP contribution in [0.2, 0.25) is 0 Å². The van der Waals surface area contributed by atoms with Crippen LogP contribution in [0.5, 0.6) is 0 Å². The predicted octanol–water partition coefficient (Wildman–Crippen LogP) is 3.45. The Kier molecular flexibility index (Phi) is 11.9. The molecule has 164 valence electrons. The molecule has 1 aromatic carbocycles. The molecule has 0 amide bonds. The lowest BCUT2D eigenvalue weighted by molar-refractivity contribution is -0.140. The SMILES string of the molecule is CN=C(NCCCCCCC(=O)OC)NC1CCN(c2c(F)cccc2F)C1.I. The van der Waals surface area contributed by atoms with Crippen LogP contribution < -0.4 is 15.5 Å². The number of hydrogen-bond acceptors (Lipinski definition) is 4.